The average molecular weight is 333 g/mol. The van der Waals surface area contributed by atoms with Gasteiger partial charge >= 0.3 is 0 Å². The number of amides is 2. The van der Waals surface area contributed by atoms with Crippen molar-refractivity contribution >= 4 is 34.8 Å². The molecule has 0 aromatic heterocycles. The fraction of sp³-hybridized carbons (Fsp3) is 0.176. The molecule has 1 unspecified atom stereocenters. The van der Waals surface area contributed by atoms with Crippen molar-refractivity contribution in [1.82, 2.24) is 0 Å². The Labute approximate surface area is 137 Å². The van der Waals surface area contributed by atoms with Gasteiger partial charge in [0, 0.05) is 22.8 Å². The summed E-state index contributed by atoms with van der Waals surface area (Å²) in [7, 11) is 0. The molecule has 0 saturated carbocycles. The van der Waals surface area contributed by atoms with E-state index < -0.39 is 6.04 Å². The second kappa shape index (κ2) is 6.38. The summed E-state index contributed by atoms with van der Waals surface area (Å²) in [5.74, 6) is -0.828. The fourth-order valence-electron chi connectivity index (χ4n) is 2.65. The van der Waals surface area contributed by atoms with Crippen LogP contribution in [0.4, 0.5) is 15.8 Å². The molecule has 2 aromatic carbocycles. The number of anilines is 2. The van der Waals surface area contributed by atoms with E-state index in [4.69, 9.17) is 11.6 Å². The van der Waals surface area contributed by atoms with Crippen LogP contribution in [0.15, 0.2) is 48.5 Å². The lowest BCUT2D eigenvalue weighted by Crippen LogP contribution is -2.41. The number of nitrogens with one attached hydrogen (secondary N) is 1. The van der Waals surface area contributed by atoms with Gasteiger partial charge in [0.05, 0.1) is 0 Å². The van der Waals surface area contributed by atoms with Gasteiger partial charge in [-0.05, 0) is 48.9 Å². The van der Waals surface area contributed by atoms with E-state index in [-0.39, 0.29) is 24.1 Å². The van der Waals surface area contributed by atoms with Gasteiger partial charge in [0.15, 0.2) is 0 Å². The van der Waals surface area contributed by atoms with E-state index in [1.807, 2.05) is 0 Å². The SMILES string of the molecule is O=C(Nc1cccc(Cl)c1)C1CCC(=O)N1c1ccc(F)cc1. The van der Waals surface area contributed by atoms with Gasteiger partial charge in [-0.15, -0.1) is 0 Å². The van der Waals surface area contributed by atoms with Gasteiger partial charge < -0.3 is 5.32 Å². The molecule has 1 aliphatic rings. The minimum absolute atomic E-state index is 0.150. The Morgan fingerprint density at radius 1 is 1.22 bits per heavy atom. The number of carbonyl (C=O) groups is 2. The smallest absolute Gasteiger partial charge is 0.247 e. The van der Waals surface area contributed by atoms with Gasteiger partial charge in [-0.2, -0.15) is 0 Å². The first-order valence-corrected chi connectivity index (χ1v) is 7.56. The molecule has 3 rings (SSSR count). The molecule has 118 valence electrons. The molecule has 4 nitrogen and oxygen atoms in total. The van der Waals surface area contributed by atoms with Crippen molar-refractivity contribution in [2.45, 2.75) is 18.9 Å². The van der Waals surface area contributed by atoms with Crippen molar-refractivity contribution in [2.75, 3.05) is 10.2 Å². The Hall–Kier alpha value is -2.40. The number of carbonyl (C=O) groups excluding carboxylic acids is 2. The standard InChI is InChI=1S/C17H14ClFN2O2/c18-11-2-1-3-13(10-11)20-17(23)15-8-9-16(22)21(15)14-6-4-12(19)5-7-14/h1-7,10,15H,8-9H2,(H,20,23). The minimum Gasteiger partial charge on any atom is -0.324 e. The van der Waals surface area contributed by atoms with E-state index in [0.717, 1.165) is 0 Å². The second-order valence-corrected chi connectivity index (χ2v) is 5.73. The summed E-state index contributed by atoms with van der Waals surface area (Å²) in [6.45, 7) is 0. The molecule has 6 heteroatoms. The predicted octanol–water partition coefficient (Wildman–Crippen LogP) is 3.61. The maximum Gasteiger partial charge on any atom is 0.247 e. The largest absolute Gasteiger partial charge is 0.324 e. The Morgan fingerprint density at radius 2 is 1.96 bits per heavy atom. The first-order chi connectivity index (χ1) is 11.0. The van der Waals surface area contributed by atoms with Crippen LogP contribution in [0.25, 0.3) is 0 Å². The molecule has 1 heterocycles. The number of halogens is 2. The van der Waals surface area contributed by atoms with Crippen molar-refractivity contribution in [3.05, 3.63) is 59.4 Å². The van der Waals surface area contributed by atoms with Crippen LogP contribution in [-0.4, -0.2) is 17.9 Å². The molecule has 1 fully saturated rings. The maximum atomic E-state index is 13.1. The van der Waals surface area contributed by atoms with Gasteiger partial charge in [0.25, 0.3) is 0 Å². The molecule has 2 aromatic rings. The van der Waals surface area contributed by atoms with Crippen molar-refractivity contribution in [2.24, 2.45) is 0 Å². The Balaban J connectivity index is 1.81. The molecule has 1 aliphatic heterocycles. The van der Waals surface area contributed by atoms with Gasteiger partial charge in [0.2, 0.25) is 11.8 Å². The van der Waals surface area contributed by atoms with Crippen molar-refractivity contribution in [1.29, 1.82) is 0 Å². The molecule has 0 radical (unpaired) electrons. The van der Waals surface area contributed by atoms with Crippen molar-refractivity contribution in [3.63, 3.8) is 0 Å². The first kappa shape index (κ1) is 15.5. The van der Waals surface area contributed by atoms with Crippen LogP contribution >= 0.6 is 11.6 Å². The normalized spacial score (nSPS) is 17.4. The summed E-state index contributed by atoms with van der Waals surface area (Å²) in [6.07, 6.45) is 0.702. The van der Waals surface area contributed by atoms with E-state index in [2.05, 4.69) is 5.32 Å². The number of hydrogen-bond donors (Lipinski definition) is 1. The summed E-state index contributed by atoms with van der Waals surface area (Å²) in [5.41, 5.74) is 1.08. The molecule has 0 bridgehead atoms. The number of rotatable bonds is 3. The third-order valence-electron chi connectivity index (χ3n) is 3.71. The third kappa shape index (κ3) is 3.35. The van der Waals surface area contributed by atoms with Crippen LogP contribution < -0.4 is 10.2 Å². The predicted molar refractivity (Wildman–Crippen MR) is 87.0 cm³/mol. The van der Waals surface area contributed by atoms with E-state index in [1.165, 1.54) is 29.2 Å². The zero-order valence-electron chi connectivity index (χ0n) is 12.1. The van der Waals surface area contributed by atoms with E-state index >= 15 is 0 Å². The fourth-order valence-corrected chi connectivity index (χ4v) is 2.84. The van der Waals surface area contributed by atoms with Crippen molar-refractivity contribution < 1.29 is 14.0 Å². The highest BCUT2D eigenvalue weighted by molar-refractivity contribution is 6.30. The van der Waals surface area contributed by atoms with Gasteiger partial charge in [-0.25, -0.2) is 4.39 Å². The maximum absolute atomic E-state index is 13.1. The number of hydrogen-bond acceptors (Lipinski definition) is 2. The summed E-state index contributed by atoms with van der Waals surface area (Å²) in [4.78, 5) is 26.0. The van der Waals surface area contributed by atoms with Crippen LogP contribution in [0.5, 0.6) is 0 Å². The van der Waals surface area contributed by atoms with E-state index in [9.17, 15) is 14.0 Å². The van der Waals surface area contributed by atoms with Gasteiger partial charge in [0.1, 0.15) is 11.9 Å². The van der Waals surface area contributed by atoms with Crippen LogP contribution in [0, 0.1) is 5.82 Å². The Kier molecular flexibility index (Phi) is 4.30. The molecule has 0 spiro atoms. The van der Waals surface area contributed by atoms with Gasteiger partial charge in [-0.1, -0.05) is 17.7 Å². The summed E-state index contributed by atoms with van der Waals surface area (Å²) < 4.78 is 13.1. The molecular weight excluding hydrogens is 319 g/mol. The molecule has 23 heavy (non-hydrogen) atoms. The minimum atomic E-state index is -0.619. The van der Waals surface area contributed by atoms with Crippen molar-refractivity contribution in [3.8, 4) is 0 Å². The summed E-state index contributed by atoms with van der Waals surface area (Å²) >= 11 is 5.90. The molecular formula is C17H14ClFN2O2. The highest BCUT2D eigenvalue weighted by Crippen LogP contribution is 2.28. The molecule has 1 saturated heterocycles. The van der Waals surface area contributed by atoms with Crippen LogP contribution in [0.1, 0.15) is 12.8 Å². The van der Waals surface area contributed by atoms with E-state index in [1.54, 1.807) is 24.3 Å². The summed E-state index contributed by atoms with van der Waals surface area (Å²) in [6, 6.07) is 11.7. The van der Waals surface area contributed by atoms with Gasteiger partial charge in [-0.3, -0.25) is 14.5 Å². The Bertz CT molecular complexity index is 749. The zero-order chi connectivity index (χ0) is 16.4. The molecule has 1 atom stereocenters. The lowest BCUT2D eigenvalue weighted by atomic mass is 10.2. The lowest BCUT2D eigenvalue weighted by Gasteiger charge is -2.24. The average Bonchev–Trinajstić information content (AvgIpc) is 2.90. The van der Waals surface area contributed by atoms with E-state index in [0.29, 0.717) is 22.8 Å². The molecule has 1 N–H and O–H groups in total. The molecule has 2 amide bonds. The highest BCUT2D eigenvalue weighted by Gasteiger charge is 2.37. The van der Waals surface area contributed by atoms with Crippen LogP contribution in [0.3, 0.4) is 0 Å². The monoisotopic (exact) mass is 332 g/mol. The third-order valence-corrected chi connectivity index (χ3v) is 3.95. The topological polar surface area (TPSA) is 49.4 Å². The second-order valence-electron chi connectivity index (χ2n) is 5.29. The molecule has 0 aliphatic carbocycles. The first-order valence-electron chi connectivity index (χ1n) is 7.18. The quantitative estimate of drug-likeness (QED) is 0.933. The highest BCUT2D eigenvalue weighted by atomic mass is 35.5. The summed E-state index contributed by atoms with van der Waals surface area (Å²) in [5, 5.41) is 3.28. The number of nitrogens with zero attached hydrogens (tertiary/aromatic N) is 1. The lowest BCUT2D eigenvalue weighted by molar-refractivity contribution is -0.120. The zero-order valence-corrected chi connectivity index (χ0v) is 12.9. The van der Waals surface area contributed by atoms with Crippen LogP contribution in [-0.2, 0) is 9.59 Å². The number of benzene rings is 2. The Morgan fingerprint density at radius 3 is 2.65 bits per heavy atom. The van der Waals surface area contributed by atoms with Crippen LogP contribution in [0.2, 0.25) is 5.02 Å².